The summed E-state index contributed by atoms with van der Waals surface area (Å²) in [7, 11) is -7.16. The van der Waals surface area contributed by atoms with Crippen LogP contribution in [-0.4, -0.2) is 46.5 Å². The molecule has 0 bridgehead atoms. The van der Waals surface area contributed by atoms with Crippen molar-refractivity contribution in [1.29, 1.82) is 0 Å². The molecule has 1 saturated carbocycles. The lowest BCUT2D eigenvalue weighted by molar-refractivity contribution is 0.0783. The van der Waals surface area contributed by atoms with Crippen molar-refractivity contribution in [3.05, 3.63) is 33.1 Å². The van der Waals surface area contributed by atoms with Crippen molar-refractivity contribution in [1.82, 2.24) is 9.55 Å². The molecule has 1 aliphatic carbocycles. The summed E-state index contributed by atoms with van der Waals surface area (Å²) in [5.41, 5.74) is -1.14. The first-order chi connectivity index (χ1) is 12.1. The fourth-order valence-corrected chi connectivity index (χ4v) is 4.86. The fourth-order valence-electron chi connectivity index (χ4n) is 2.65. The van der Waals surface area contributed by atoms with Crippen LogP contribution < -0.4 is 11.2 Å². The Balaban J connectivity index is 2.04. The predicted molar refractivity (Wildman–Crippen MR) is 87.6 cm³/mol. The molecule has 1 aromatic rings. The second-order valence-corrected chi connectivity index (χ2v) is 9.10. The number of phosphoric acid groups is 2. The number of nitrogens with one attached hydrogen (secondary N) is 1. The molecule has 26 heavy (non-hydrogen) atoms. The highest BCUT2D eigenvalue weighted by Crippen LogP contribution is 2.63. The van der Waals surface area contributed by atoms with Gasteiger partial charge in [0.25, 0.3) is 5.56 Å². The highest BCUT2D eigenvalue weighted by atomic mass is 31.3. The van der Waals surface area contributed by atoms with Gasteiger partial charge in [-0.25, -0.2) is 13.9 Å². The van der Waals surface area contributed by atoms with Gasteiger partial charge in [-0.3, -0.25) is 27.9 Å². The van der Waals surface area contributed by atoms with Gasteiger partial charge < -0.3 is 10.00 Å². The van der Waals surface area contributed by atoms with E-state index in [0.717, 1.165) is 14.2 Å². The third kappa shape index (κ3) is 5.21. The van der Waals surface area contributed by atoms with Crippen LogP contribution in [0.15, 0.2) is 21.9 Å². The Kier molecular flexibility index (Phi) is 6.75. The molecule has 0 aliphatic heterocycles. The van der Waals surface area contributed by atoms with Crippen molar-refractivity contribution in [2.75, 3.05) is 20.8 Å². The minimum absolute atomic E-state index is 0.203. The summed E-state index contributed by atoms with van der Waals surface area (Å²) < 4.78 is 43.0. The summed E-state index contributed by atoms with van der Waals surface area (Å²) in [6, 6.07) is 0.780. The lowest BCUT2D eigenvalue weighted by Gasteiger charge is -2.20. The average molecular weight is 414 g/mol. The van der Waals surface area contributed by atoms with Crippen LogP contribution in [0.4, 0.5) is 0 Å². The normalized spacial score (nSPS) is 27.8. The molecular formula is C12H20N2O10P2. The van der Waals surface area contributed by atoms with Crippen LogP contribution in [0.5, 0.6) is 0 Å². The van der Waals surface area contributed by atoms with E-state index in [1.807, 2.05) is 0 Å². The largest absolute Gasteiger partial charge is 0.483 e. The zero-order valence-electron chi connectivity index (χ0n) is 14.0. The van der Waals surface area contributed by atoms with Gasteiger partial charge in [-0.05, 0) is 12.8 Å². The van der Waals surface area contributed by atoms with E-state index < -0.39 is 45.0 Å². The Morgan fingerprint density at radius 3 is 2.54 bits per heavy atom. The van der Waals surface area contributed by atoms with E-state index in [1.54, 1.807) is 0 Å². The highest BCUT2D eigenvalue weighted by Gasteiger charge is 2.40. The number of aliphatic hydroxyl groups is 1. The number of H-pyrrole nitrogens is 1. The molecule has 5 atom stereocenters. The second-order valence-electron chi connectivity index (χ2n) is 5.63. The van der Waals surface area contributed by atoms with Crippen LogP contribution in [-0.2, 0) is 27.0 Å². The minimum Gasteiger partial charge on any atom is -0.393 e. The van der Waals surface area contributed by atoms with Crippen LogP contribution in [0.25, 0.3) is 0 Å². The number of phosphoric ester groups is 2. The number of hydrogen-bond donors (Lipinski definition) is 3. The molecule has 0 saturated heterocycles. The smallest absolute Gasteiger partial charge is 0.393 e. The number of aromatic nitrogens is 2. The summed E-state index contributed by atoms with van der Waals surface area (Å²) in [5, 5.41) is 10.1. The maximum absolute atomic E-state index is 12.2. The first-order valence-corrected chi connectivity index (χ1v) is 10.4. The summed E-state index contributed by atoms with van der Waals surface area (Å²) in [4.78, 5) is 34.3. The Bertz CT molecular complexity index is 836. The Hall–Kier alpha value is -1.10. The number of aromatic amines is 1. The predicted octanol–water partition coefficient (Wildman–Crippen LogP) is 0.383. The molecule has 0 amide bonds. The summed E-state index contributed by atoms with van der Waals surface area (Å²) in [5.74, 6) is -0.550. The summed E-state index contributed by atoms with van der Waals surface area (Å²) in [6.45, 7) is -0.315. The molecule has 3 N–H and O–H groups in total. The number of hydrogen-bond acceptors (Lipinski definition) is 9. The molecule has 1 aromatic heterocycles. The van der Waals surface area contributed by atoms with Crippen molar-refractivity contribution in [2.24, 2.45) is 5.92 Å². The summed E-state index contributed by atoms with van der Waals surface area (Å²) >= 11 is 0. The Morgan fingerprint density at radius 2 is 1.96 bits per heavy atom. The van der Waals surface area contributed by atoms with Gasteiger partial charge in [0.2, 0.25) is 0 Å². The molecule has 5 unspecified atom stereocenters. The fraction of sp³-hybridized carbons (Fsp3) is 0.667. The Labute approximate surface area is 147 Å². The first-order valence-electron chi connectivity index (χ1n) is 7.49. The Morgan fingerprint density at radius 1 is 1.27 bits per heavy atom. The molecule has 1 fully saturated rings. The molecule has 1 heterocycles. The molecular weight excluding hydrogens is 394 g/mol. The molecule has 0 aromatic carbocycles. The van der Waals surface area contributed by atoms with Gasteiger partial charge in [-0.15, -0.1) is 0 Å². The quantitative estimate of drug-likeness (QED) is 0.506. The lowest BCUT2D eigenvalue weighted by atomic mass is 10.1. The van der Waals surface area contributed by atoms with Crippen LogP contribution in [0, 0.1) is 5.92 Å². The number of aliphatic hydroxyl groups excluding tert-OH is 1. The zero-order valence-corrected chi connectivity index (χ0v) is 15.8. The topological polar surface area (TPSA) is 166 Å². The van der Waals surface area contributed by atoms with Gasteiger partial charge in [0.05, 0.1) is 12.7 Å². The first kappa shape index (κ1) is 21.2. The standard InChI is InChI=1S/C12H20N2O10P2/c1-21-25(18,19)24-26(20,22-2)23-7-8-5-9(6-10(8)15)14-4-3-11(16)13-12(14)17/h3-4,8-10,15H,5-7H2,1-2H3,(H,18,19)(H,13,16,17). The third-order valence-electron chi connectivity index (χ3n) is 3.98. The van der Waals surface area contributed by atoms with Crippen LogP contribution in [0.3, 0.4) is 0 Å². The third-order valence-corrected chi connectivity index (χ3v) is 6.98. The highest BCUT2D eigenvalue weighted by molar-refractivity contribution is 7.61. The average Bonchev–Trinajstić information content (AvgIpc) is 2.93. The van der Waals surface area contributed by atoms with Crippen LogP contribution in [0.1, 0.15) is 18.9 Å². The van der Waals surface area contributed by atoms with Crippen molar-refractivity contribution in [2.45, 2.75) is 25.0 Å². The lowest BCUT2D eigenvalue weighted by Crippen LogP contribution is -2.30. The van der Waals surface area contributed by atoms with Crippen LogP contribution >= 0.6 is 15.6 Å². The minimum atomic E-state index is -4.61. The molecule has 12 nitrogen and oxygen atoms in total. The van der Waals surface area contributed by atoms with E-state index >= 15 is 0 Å². The van der Waals surface area contributed by atoms with Crippen molar-refractivity contribution in [3.8, 4) is 0 Å². The zero-order chi connectivity index (χ0) is 19.5. The van der Waals surface area contributed by atoms with E-state index in [0.29, 0.717) is 0 Å². The van der Waals surface area contributed by atoms with Crippen molar-refractivity contribution < 1.29 is 37.0 Å². The molecule has 1 aliphatic rings. The van der Waals surface area contributed by atoms with E-state index in [2.05, 4.69) is 18.3 Å². The van der Waals surface area contributed by atoms with Gasteiger partial charge in [0, 0.05) is 38.4 Å². The molecule has 2 rings (SSSR count). The van der Waals surface area contributed by atoms with Gasteiger partial charge in [-0.1, -0.05) is 0 Å². The van der Waals surface area contributed by atoms with E-state index in [9.17, 15) is 28.7 Å². The van der Waals surface area contributed by atoms with Crippen LogP contribution in [0.2, 0.25) is 0 Å². The number of nitrogens with zero attached hydrogens (tertiary/aromatic N) is 1. The monoisotopic (exact) mass is 414 g/mol. The molecule has 0 radical (unpaired) electrons. The van der Waals surface area contributed by atoms with Gasteiger partial charge >= 0.3 is 21.3 Å². The molecule has 148 valence electrons. The van der Waals surface area contributed by atoms with Gasteiger partial charge in [-0.2, -0.15) is 4.31 Å². The second kappa shape index (κ2) is 8.28. The van der Waals surface area contributed by atoms with Crippen molar-refractivity contribution >= 4 is 15.6 Å². The van der Waals surface area contributed by atoms with Gasteiger partial charge in [0.1, 0.15) is 0 Å². The van der Waals surface area contributed by atoms with E-state index in [-0.39, 0.29) is 19.4 Å². The van der Waals surface area contributed by atoms with Crippen molar-refractivity contribution in [3.63, 3.8) is 0 Å². The molecule has 14 heteroatoms. The van der Waals surface area contributed by atoms with Gasteiger partial charge in [0.15, 0.2) is 0 Å². The SMILES string of the molecule is COP(=O)(O)OP(=O)(OC)OCC1CC(n2ccc(=O)[nH]c2=O)CC1O. The number of rotatable bonds is 8. The maximum atomic E-state index is 12.2. The molecule has 0 spiro atoms. The van der Waals surface area contributed by atoms with E-state index in [1.165, 1.54) is 16.8 Å². The maximum Gasteiger partial charge on any atom is 0.483 e. The van der Waals surface area contributed by atoms with E-state index in [4.69, 9.17) is 4.52 Å². The summed E-state index contributed by atoms with van der Waals surface area (Å²) in [6.07, 6.45) is 0.908.